The van der Waals surface area contributed by atoms with Gasteiger partial charge in [0.15, 0.2) is 0 Å². The normalized spacial score (nSPS) is 32.4. The van der Waals surface area contributed by atoms with Gasteiger partial charge in [0.05, 0.1) is 11.8 Å². The van der Waals surface area contributed by atoms with Crippen LogP contribution in [0, 0.1) is 11.8 Å². The van der Waals surface area contributed by atoms with E-state index in [2.05, 4.69) is 40.2 Å². The van der Waals surface area contributed by atoms with Gasteiger partial charge in [0.2, 0.25) is 11.8 Å². The third kappa shape index (κ3) is 3.92. The lowest BCUT2D eigenvalue weighted by atomic mass is 9.94. The highest BCUT2D eigenvalue weighted by molar-refractivity contribution is 5.89. The number of hydrogen-bond acceptors (Lipinski definition) is 3. The van der Waals surface area contributed by atoms with Crippen molar-refractivity contribution in [2.24, 2.45) is 11.8 Å². The number of nitrogens with one attached hydrogen (secondary N) is 3. The molecule has 0 spiro atoms. The Morgan fingerprint density at radius 3 is 1.52 bits per heavy atom. The predicted octanol–water partition coefficient (Wildman–Crippen LogP) is 2.17. The van der Waals surface area contributed by atoms with Crippen LogP contribution in [0.2, 0.25) is 0 Å². The lowest BCUT2D eigenvalue weighted by molar-refractivity contribution is -0.133. The molecule has 1 heterocycles. The Balaban J connectivity index is 1.14. The topological polar surface area (TPSA) is 70.2 Å². The Labute approximate surface area is 171 Å². The van der Waals surface area contributed by atoms with Crippen molar-refractivity contribution < 1.29 is 9.59 Å². The van der Waals surface area contributed by atoms with Crippen molar-refractivity contribution in [1.29, 1.82) is 0 Å². The molecule has 1 aliphatic heterocycles. The average Bonchev–Trinajstić information content (AvgIpc) is 3.65. The second-order valence-corrected chi connectivity index (χ2v) is 8.61. The number of benzene rings is 2. The van der Waals surface area contributed by atoms with Gasteiger partial charge in [-0.3, -0.25) is 9.59 Å². The second-order valence-electron chi connectivity index (χ2n) is 8.61. The van der Waals surface area contributed by atoms with E-state index in [1.165, 1.54) is 11.1 Å². The first-order chi connectivity index (χ1) is 14.2. The molecule has 2 amide bonds. The third-order valence-corrected chi connectivity index (χ3v) is 6.58. The zero-order valence-electron chi connectivity index (χ0n) is 16.4. The first-order valence-electron chi connectivity index (χ1n) is 10.6. The maximum Gasteiger partial charge on any atom is 0.225 e. The van der Waals surface area contributed by atoms with Gasteiger partial charge in [-0.1, -0.05) is 60.7 Å². The maximum atomic E-state index is 12.8. The Morgan fingerprint density at radius 2 is 1.10 bits per heavy atom. The molecule has 5 nitrogen and oxygen atoms in total. The molecule has 5 heteroatoms. The molecular weight excluding hydrogens is 362 g/mol. The SMILES string of the molecule is O=C(N[C@@H]1CC1c1ccccc1)[C@@H]1CNC[C@H]1C(=O)N[C@@H]1C[C@H]1c1ccccc1. The van der Waals surface area contributed by atoms with Crippen molar-refractivity contribution >= 4 is 11.8 Å². The van der Waals surface area contributed by atoms with E-state index in [4.69, 9.17) is 0 Å². The first kappa shape index (κ1) is 18.4. The highest BCUT2D eigenvalue weighted by atomic mass is 16.2. The van der Waals surface area contributed by atoms with E-state index in [-0.39, 0.29) is 35.7 Å². The van der Waals surface area contributed by atoms with Crippen LogP contribution in [-0.4, -0.2) is 37.0 Å². The largest absolute Gasteiger partial charge is 0.352 e. The number of hydrogen-bond donors (Lipinski definition) is 3. The van der Waals surface area contributed by atoms with Gasteiger partial charge in [0.1, 0.15) is 0 Å². The van der Waals surface area contributed by atoms with Gasteiger partial charge < -0.3 is 16.0 Å². The van der Waals surface area contributed by atoms with E-state index in [9.17, 15) is 9.59 Å². The molecule has 29 heavy (non-hydrogen) atoms. The minimum absolute atomic E-state index is 0.00832. The Bertz CT molecular complexity index is 812. The fourth-order valence-electron chi connectivity index (χ4n) is 4.66. The fraction of sp³-hybridized carbons (Fsp3) is 0.417. The summed E-state index contributed by atoms with van der Waals surface area (Å²) in [4.78, 5) is 25.7. The van der Waals surface area contributed by atoms with Gasteiger partial charge in [-0.15, -0.1) is 0 Å². The summed E-state index contributed by atoms with van der Waals surface area (Å²) in [6.07, 6.45) is 1.96. The molecule has 3 fully saturated rings. The Hall–Kier alpha value is -2.66. The summed E-state index contributed by atoms with van der Waals surface area (Å²) in [5.74, 6) is 0.240. The molecule has 0 aromatic heterocycles. The smallest absolute Gasteiger partial charge is 0.225 e. The molecule has 1 unspecified atom stereocenters. The van der Waals surface area contributed by atoms with Crippen LogP contribution in [0.5, 0.6) is 0 Å². The average molecular weight is 389 g/mol. The van der Waals surface area contributed by atoms with E-state index in [0.717, 1.165) is 12.8 Å². The van der Waals surface area contributed by atoms with Crippen molar-refractivity contribution in [3.05, 3.63) is 71.8 Å². The lowest BCUT2D eigenvalue weighted by Gasteiger charge is -2.18. The highest BCUT2D eigenvalue weighted by Crippen LogP contribution is 2.42. The fourth-order valence-corrected chi connectivity index (χ4v) is 4.66. The van der Waals surface area contributed by atoms with Gasteiger partial charge in [-0.25, -0.2) is 0 Å². The van der Waals surface area contributed by atoms with E-state index in [1.54, 1.807) is 0 Å². The molecule has 0 radical (unpaired) electrons. The number of carbonyl (C=O) groups is 2. The summed E-state index contributed by atoms with van der Waals surface area (Å²) in [5, 5.41) is 9.58. The summed E-state index contributed by atoms with van der Waals surface area (Å²) in [6, 6.07) is 21.0. The highest BCUT2D eigenvalue weighted by Gasteiger charge is 2.46. The molecule has 2 aromatic rings. The van der Waals surface area contributed by atoms with Crippen LogP contribution in [0.25, 0.3) is 0 Å². The Morgan fingerprint density at radius 1 is 0.690 bits per heavy atom. The summed E-state index contributed by atoms with van der Waals surface area (Å²) >= 11 is 0. The molecule has 6 atom stereocenters. The van der Waals surface area contributed by atoms with E-state index in [1.807, 2.05) is 36.4 Å². The lowest BCUT2D eigenvalue weighted by Crippen LogP contribution is -2.43. The zero-order valence-corrected chi connectivity index (χ0v) is 16.4. The summed E-state index contributed by atoms with van der Waals surface area (Å²) in [5.41, 5.74) is 2.55. The summed E-state index contributed by atoms with van der Waals surface area (Å²) in [7, 11) is 0. The van der Waals surface area contributed by atoms with E-state index in [0.29, 0.717) is 24.9 Å². The molecule has 150 valence electrons. The van der Waals surface area contributed by atoms with Crippen LogP contribution < -0.4 is 16.0 Å². The van der Waals surface area contributed by atoms with Gasteiger partial charge in [-0.2, -0.15) is 0 Å². The zero-order chi connectivity index (χ0) is 19.8. The van der Waals surface area contributed by atoms with Crippen LogP contribution in [0.4, 0.5) is 0 Å². The monoisotopic (exact) mass is 389 g/mol. The molecular formula is C24H27N3O2. The van der Waals surface area contributed by atoms with E-state index >= 15 is 0 Å². The molecule has 1 saturated heterocycles. The van der Waals surface area contributed by atoms with Crippen molar-refractivity contribution in [3.8, 4) is 0 Å². The molecule has 2 aliphatic carbocycles. The van der Waals surface area contributed by atoms with Crippen LogP contribution in [0.1, 0.15) is 35.8 Å². The van der Waals surface area contributed by atoms with Gasteiger partial charge >= 0.3 is 0 Å². The van der Waals surface area contributed by atoms with Gasteiger partial charge in [0.25, 0.3) is 0 Å². The molecule has 0 bridgehead atoms. The summed E-state index contributed by atoms with van der Waals surface area (Å²) in [6.45, 7) is 1.14. The maximum absolute atomic E-state index is 12.8. The molecule has 3 aliphatic rings. The predicted molar refractivity (Wildman–Crippen MR) is 111 cm³/mol. The summed E-state index contributed by atoms with van der Waals surface area (Å²) < 4.78 is 0. The molecule has 5 rings (SSSR count). The van der Waals surface area contributed by atoms with Crippen LogP contribution in [-0.2, 0) is 9.59 Å². The number of rotatable bonds is 6. The Kier molecular flexibility index (Phi) is 4.84. The van der Waals surface area contributed by atoms with Gasteiger partial charge in [-0.05, 0) is 24.0 Å². The van der Waals surface area contributed by atoms with Crippen molar-refractivity contribution in [2.75, 3.05) is 13.1 Å². The second kappa shape index (κ2) is 7.64. The van der Waals surface area contributed by atoms with Gasteiger partial charge in [0, 0.05) is 37.0 Å². The third-order valence-electron chi connectivity index (χ3n) is 6.58. The van der Waals surface area contributed by atoms with Crippen LogP contribution >= 0.6 is 0 Å². The minimum atomic E-state index is -0.291. The first-order valence-corrected chi connectivity index (χ1v) is 10.6. The van der Waals surface area contributed by atoms with Crippen LogP contribution in [0.15, 0.2) is 60.7 Å². The van der Waals surface area contributed by atoms with Crippen molar-refractivity contribution in [2.45, 2.75) is 36.8 Å². The van der Waals surface area contributed by atoms with Crippen LogP contribution in [0.3, 0.4) is 0 Å². The van der Waals surface area contributed by atoms with Crippen molar-refractivity contribution in [1.82, 2.24) is 16.0 Å². The molecule has 2 aromatic carbocycles. The van der Waals surface area contributed by atoms with E-state index < -0.39 is 0 Å². The number of amides is 2. The van der Waals surface area contributed by atoms with Crippen molar-refractivity contribution in [3.63, 3.8) is 0 Å². The minimum Gasteiger partial charge on any atom is -0.352 e. The number of carbonyl (C=O) groups excluding carboxylic acids is 2. The molecule has 3 N–H and O–H groups in total. The standard InChI is InChI=1S/C24H27N3O2/c28-23(26-21-11-17(21)15-7-3-1-4-8-15)19-13-25-14-20(19)24(29)27-22-12-18(22)16-9-5-2-6-10-16/h1-10,17-22,25H,11-14H2,(H,26,28)(H,27,29)/t17-,18?,19+,20+,21+,22+/m0/s1. The quantitative estimate of drug-likeness (QED) is 0.709. The molecule has 2 saturated carbocycles.